The highest BCUT2D eigenvalue weighted by Gasteiger charge is 2.20. The molecule has 0 spiro atoms. The molecule has 134 valence electrons. The highest BCUT2D eigenvalue weighted by Crippen LogP contribution is 2.32. The normalized spacial score (nSPS) is 10.4. The summed E-state index contributed by atoms with van der Waals surface area (Å²) in [4.78, 5) is 17.2. The summed E-state index contributed by atoms with van der Waals surface area (Å²) in [6.45, 7) is 3.88. The van der Waals surface area contributed by atoms with Gasteiger partial charge in [0.25, 0.3) is 5.91 Å². The van der Waals surface area contributed by atoms with Crippen molar-refractivity contribution in [2.24, 2.45) is 0 Å². The lowest BCUT2D eigenvalue weighted by Crippen LogP contribution is -2.15. The maximum atomic E-state index is 12.9. The zero-order valence-corrected chi connectivity index (χ0v) is 15.7. The molecule has 1 aromatic carbocycles. The number of hydrogen-bond acceptors (Lipinski definition) is 6. The molecular weight excluding hydrogens is 348 g/mol. The number of ether oxygens (including phenoxy) is 1. The number of para-hydroxylation sites is 1. The van der Waals surface area contributed by atoms with Gasteiger partial charge in [0.2, 0.25) is 0 Å². The number of pyridine rings is 1. The molecule has 0 aliphatic heterocycles. The van der Waals surface area contributed by atoms with Crippen molar-refractivity contribution in [2.45, 2.75) is 20.3 Å². The van der Waals surface area contributed by atoms with Gasteiger partial charge < -0.3 is 15.4 Å². The standard InChI is InChI=1S/C19H20N4O2S/c1-4-13-8-5-6-9-14(13)21-18(24)16-12(2)23-26-19(16)22-17-15(25-3)10-7-11-20-17/h5-11H,4H2,1-3H3,(H,20,22)(H,21,24). The Morgan fingerprint density at radius 3 is 2.81 bits per heavy atom. The van der Waals surface area contributed by atoms with Gasteiger partial charge in [-0.3, -0.25) is 4.79 Å². The van der Waals surface area contributed by atoms with E-state index >= 15 is 0 Å². The Bertz CT molecular complexity index is 923. The molecule has 0 aliphatic carbocycles. The highest BCUT2D eigenvalue weighted by molar-refractivity contribution is 7.10. The minimum Gasteiger partial charge on any atom is -0.493 e. The van der Waals surface area contributed by atoms with Crippen LogP contribution >= 0.6 is 11.5 Å². The van der Waals surface area contributed by atoms with Gasteiger partial charge in [-0.05, 0) is 48.6 Å². The second-order valence-corrected chi connectivity index (χ2v) is 6.39. The summed E-state index contributed by atoms with van der Waals surface area (Å²) >= 11 is 1.22. The molecule has 0 fully saturated rings. The van der Waals surface area contributed by atoms with Crippen LogP contribution in [0, 0.1) is 6.92 Å². The quantitative estimate of drug-likeness (QED) is 0.674. The Balaban J connectivity index is 1.89. The number of nitrogens with zero attached hydrogens (tertiary/aromatic N) is 2. The number of amides is 1. The van der Waals surface area contributed by atoms with Gasteiger partial charge in [-0.25, -0.2) is 4.98 Å². The molecule has 0 unspecified atom stereocenters. The molecule has 0 bridgehead atoms. The van der Waals surface area contributed by atoms with Crippen LogP contribution in [0.4, 0.5) is 16.5 Å². The summed E-state index contributed by atoms with van der Waals surface area (Å²) < 4.78 is 9.63. The van der Waals surface area contributed by atoms with Gasteiger partial charge in [-0.2, -0.15) is 4.37 Å². The number of benzene rings is 1. The largest absolute Gasteiger partial charge is 0.493 e. The van der Waals surface area contributed by atoms with E-state index in [1.807, 2.05) is 31.2 Å². The number of nitrogens with one attached hydrogen (secondary N) is 2. The van der Waals surface area contributed by atoms with E-state index in [1.54, 1.807) is 25.4 Å². The smallest absolute Gasteiger partial charge is 0.260 e. The van der Waals surface area contributed by atoms with E-state index in [0.717, 1.165) is 17.7 Å². The average Bonchev–Trinajstić information content (AvgIpc) is 3.03. The van der Waals surface area contributed by atoms with Crippen molar-refractivity contribution >= 4 is 33.9 Å². The number of carbonyl (C=O) groups excluding carboxylic acids is 1. The predicted octanol–water partition coefficient (Wildman–Crippen LogP) is 4.41. The van der Waals surface area contributed by atoms with Crippen molar-refractivity contribution in [1.82, 2.24) is 9.36 Å². The fourth-order valence-corrected chi connectivity index (χ4v) is 3.41. The zero-order valence-electron chi connectivity index (χ0n) is 14.9. The summed E-state index contributed by atoms with van der Waals surface area (Å²) in [7, 11) is 1.58. The molecule has 1 amide bonds. The first-order valence-electron chi connectivity index (χ1n) is 8.25. The number of aromatic nitrogens is 2. The number of hydrogen-bond donors (Lipinski definition) is 2. The first kappa shape index (κ1) is 17.9. The summed E-state index contributed by atoms with van der Waals surface area (Å²) in [5, 5.41) is 6.79. The van der Waals surface area contributed by atoms with Crippen molar-refractivity contribution in [1.29, 1.82) is 0 Å². The number of carbonyl (C=O) groups is 1. The Kier molecular flexibility index (Phi) is 5.48. The van der Waals surface area contributed by atoms with Crippen LogP contribution in [0.25, 0.3) is 0 Å². The second-order valence-electron chi connectivity index (χ2n) is 5.62. The lowest BCUT2D eigenvalue weighted by molar-refractivity contribution is 0.102. The first-order valence-corrected chi connectivity index (χ1v) is 9.03. The number of aryl methyl sites for hydroxylation is 2. The fourth-order valence-electron chi connectivity index (χ4n) is 2.61. The van der Waals surface area contributed by atoms with Gasteiger partial charge in [0.05, 0.1) is 18.4 Å². The average molecular weight is 368 g/mol. The molecule has 3 aromatic rings. The van der Waals surface area contributed by atoms with Crippen LogP contribution in [-0.4, -0.2) is 22.4 Å². The third kappa shape index (κ3) is 3.67. The van der Waals surface area contributed by atoms with E-state index in [2.05, 4.69) is 26.9 Å². The lowest BCUT2D eigenvalue weighted by atomic mass is 10.1. The van der Waals surface area contributed by atoms with Gasteiger partial charge in [0, 0.05) is 11.9 Å². The molecule has 2 N–H and O–H groups in total. The maximum absolute atomic E-state index is 12.9. The van der Waals surface area contributed by atoms with Crippen molar-refractivity contribution in [3.63, 3.8) is 0 Å². The minimum atomic E-state index is -0.199. The van der Waals surface area contributed by atoms with Crippen LogP contribution in [0.1, 0.15) is 28.5 Å². The molecule has 0 aliphatic rings. The maximum Gasteiger partial charge on any atom is 0.260 e. The first-order chi connectivity index (χ1) is 12.6. The van der Waals surface area contributed by atoms with Crippen LogP contribution in [0.5, 0.6) is 5.75 Å². The monoisotopic (exact) mass is 368 g/mol. The van der Waals surface area contributed by atoms with Crippen molar-refractivity contribution < 1.29 is 9.53 Å². The van der Waals surface area contributed by atoms with Gasteiger partial charge >= 0.3 is 0 Å². The second kappa shape index (κ2) is 7.97. The SMILES string of the molecule is CCc1ccccc1NC(=O)c1c(C)nsc1Nc1ncccc1OC. The van der Waals surface area contributed by atoms with Crippen LogP contribution in [0.15, 0.2) is 42.6 Å². The third-order valence-electron chi connectivity index (χ3n) is 3.96. The number of anilines is 3. The summed E-state index contributed by atoms with van der Waals surface area (Å²) in [5.41, 5.74) is 3.07. The van der Waals surface area contributed by atoms with E-state index in [9.17, 15) is 4.79 Å². The van der Waals surface area contributed by atoms with Gasteiger partial charge in [-0.1, -0.05) is 25.1 Å². The molecule has 0 radical (unpaired) electrons. The van der Waals surface area contributed by atoms with Crippen molar-refractivity contribution in [3.05, 3.63) is 59.4 Å². The summed E-state index contributed by atoms with van der Waals surface area (Å²) in [6, 6.07) is 11.4. The van der Waals surface area contributed by atoms with Crippen LogP contribution in [0.2, 0.25) is 0 Å². The number of methoxy groups -OCH3 is 1. The van der Waals surface area contributed by atoms with E-state index in [4.69, 9.17) is 4.74 Å². The van der Waals surface area contributed by atoms with Crippen LogP contribution < -0.4 is 15.4 Å². The Morgan fingerprint density at radius 1 is 1.23 bits per heavy atom. The highest BCUT2D eigenvalue weighted by atomic mass is 32.1. The Hall–Kier alpha value is -2.93. The van der Waals surface area contributed by atoms with Crippen molar-refractivity contribution in [2.75, 3.05) is 17.7 Å². The van der Waals surface area contributed by atoms with Gasteiger partial charge in [0.15, 0.2) is 11.6 Å². The molecule has 2 aromatic heterocycles. The van der Waals surface area contributed by atoms with E-state index in [-0.39, 0.29) is 5.91 Å². The molecule has 7 heteroatoms. The van der Waals surface area contributed by atoms with E-state index in [1.165, 1.54) is 11.5 Å². The van der Waals surface area contributed by atoms with E-state index in [0.29, 0.717) is 27.8 Å². The predicted molar refractivity (Wildman–Crippen MR) is 105 cm³/mol. The Labute approximate surface area is 156 Å². The molecule has 0 atom stereocenters. The van der Waals surface area contributed by atoms with Gasteiger partial charge in [-0.15, -0.1) is 0 Å². The summed E-state index contributed by atoms with van der Waals surface area (Å²) in [6.07, 6.45) is 2.50. The molecular formula is C19H20N4O2S. The Morgan fingerprint density at radius 2 is 2.04 bits per heavy atom. The molecule has 2 heterocycles. The topological polar surface area (TPSA) is 76.1 Å². The van der Waals surface area contributed by atoms with E-state index < -0.39 is 0 Å². The molecule has 26 heavy (non-hydrogen) atoms. The van der Waals surface area contributed by atoms with Crippen molar-refractivity contribution in [3.8, 4) is 5.75 Å². The third-order valence-corrected chi connectivity index (χ3v) is 4.81. The lowest BCUT2D eigenvalue weighted by Gasteiger charge is -2.12. The zero-order chi connectivity index (χ0) is 18.5. The minimum absolute atomic E-state index is 0.199. The molecule has 6 nitrogen and oxygen atoms in total. The fraction of sp³-hybridized carbons (Fsp3) is 0.211. The van der Waals surface area contributed by atoms with Crippen LogP contribution in [0.3, 0.4) is 0 Å². The van der Waals surface area contributed by atoms with Gasteiger partial charge in [0.1, 0.15) is 5.00 Å². The molecule has 3 rings (SSSR count). The molecule has 0 saturated carbocycles. The summed E-state index contributed by atoms with van der Waals surface area (Å²) in [5.74, 6) is 0.942. The number of rotatable bonds is 6. The molecule has 0 saturated heterocycles. The van der Waals surface area contributed by atoms with Crippen LogP contribution in [-0.2, 0) is 6.42 Å².